The fourth-order valence-corrected chi connectivity index (χ4v) is 9.03. The summed E-state index contributed by atoms with van der Waals surface area (Å²) in [7, 11) is 0. The molecule has 4 rings (SSSR count). The summed E-state index contributed by atoms with van der Waals surface area (Å²) in [6, 6.07) is 0. The zero-order valence-electron chi connectivity index (χ0n) is 21.4. The highest BCUT2D eigenvalue weighted by atomic mass is 14.6. The molecule has 0 aromatic carbocycles. The molecule has 0 bridgehead atoms. The van der Waals surface area contributed by atoms with Crippen LogP contribution in [0.3, 0.4) is 0 Å². The Morgan fingerprint density at radius 3 is 2.47 bits per heavy atom. The Balaban J connectivity index is 1.55. The van der Waals surface area contributed by atoms with Crippen molar-refractivity contribution in [2.75, 3.05) is 0 Å². The van der Waals surface area contributed by atoms with Gasteiger partial charge in [0, 0.05) is 0 Å². The molecule has 0 heterocycles. The molecule has 0 heteroatoms. The van der Waals surface area contributed by atoms with Gasteiger partial charge in [0.1, 0.15) is 0 Å². The first kappa shape index (κ1) is 22.7. The highest BCUT2D eigenvalue weighted by Crippen LogP contribution is 2.69. The van der Waals surface area contributed by atoms with Crippen LogP contribution in [0.2, 0.25) is 0 Å². The van der Waals surface area contributed by atoms with Crippen LogP contribution in [0, 0.1) is 45.3 Å². The lowest BCUT2D eigenvalue weighted by Gasteiger charge is -2.65. The van der Waals surface area contributed by atoms with Crippen molar-refractivity contribution in [3.63, 3.8) is 0 Å². The minimum Gasteiger partial charge on any atom is -0.0999 e. The van der Waals surface area contributed by atoms with Crippen LogP contribution in [0.5, 0.6) is 0 Å². The van der Waals surface area contributed by atoms with Gasteiger partial charge in [0.25, 0.3) is 0 Å². The third kappa shape index (κ3) is 3.57. The van der Waals surface area contributed by atoms with Gasteiger partial charge in [-0.25, -0.2) is 0 Å². The molecule has 0 radical (unpaired) electrons. The van der Waals surface area contributed by atoms with E-state index in [-0.39, 0.29) is 0 Å². The highest BCUT2D eigenvalue weighted by molar-refractivity contribution is 5.26. The van der Waals surface area contributed by atoms with Crippen LogP contribution in [0.25, 0.3) is 0 Å². The van der Waals surface area contributed by atoms with Gasteiger partial charge in [0.2, 0.25) is 0 Å². The fraction of sp³-hybridized carbons (Fsp3) is 0.867. The Labute approximate surface area is 188 Å². The van der Waals surface area contributed by atoms with Crippen molar-refractivity contribution in [2.24, 2.45) is 45.3 Å². The summed E-state index contributed by atoms with van der Waals surface area (Å²) < 4.78 is 0. The van der Waals surface area contributed by atoms with Crippen LogP contribution in [0.4, 0.5) is 0 Å². The van der Waals surface area contributed by atoms with Crippen LogP contribution in [0.1, 0.15) is 119 Å². The van der Waals surface area contributed by atoms with Gasteiger partial charge < -0.3 is 0 Å². The molecule has 30 heavy (non-hydrogen) atoms. The average Bonchev–Trinajstić information content (AvgIpc) is 2.66. The molecule has 0 aromatic heterocycles. The van der Waals surface area contributed by atoms with Crippen molar-refractivity contribution in [3.05, 3.63) is 23.8 Å². The lowest BCUT2D eigenvalue weighted by Crippen LogP contribution is -2.56. The van der Waals surface area contributed by atoms with Crippen molar-refractivity contribution < 1.29 is 0 Å². The zero-order chi connectivity index (χ0) is 21.9. The highest BCUT2D eigenvalue weighted by Gasteiger charge is 2.59. The number of rotatable bonds is 4. The summed E-state index contributed by atoms with van der Waals surface area (Å²) in [6.07, 6.45) is 18.4. The van der Waals surface area contributed by atoms with E-state index in [9.17, 15) is 0 Å². The van der Waals surface area contributed by atoms with E-state index >= 15 is 0 Å². The standard InChI is InChI=1S/C30H50/c1-21(2)22(3)14-17-28(6)18-19-29(7)23(20-28)10-11-25-24(29)12-13-26-27(4,5)15-9-16-30(25,26)8/h10,22,24-26H,1,9,11-20H2,2-8H3/t22?,24?,25?,26?,28-,29?,30-/m1/s1. The normalized spacial score (nSPS) is 46.1. The Morgan fingerprint density at radius 2 is 1.77 bits per heavy atom. The third-order valence-corrected chi connectivity index (χ3v) is 11.4. The lowest BCUT2D eigenvalue weighted by molar-refractivity contribution is -0.127. The quantitative estimate of drug-likeness (QED) is 0.405. The van der Waals surface area contributed by atoms with Gasteiger partial charge in [-0.05, 0) is 116 Å². The lowest BCUT2D eigenvalue weighted by atomic mass is 9.40. The number of allylic oxidation sites excluding steroid dienone is 3. The first-order valence-electron chi connectivity index (χ1n) is 13.3. The molecule has 0 aromatic rings. The van der Waals surface area contributed by atoms with E-state index in [1.807, 2.05) is 5.57 Å². The van der Waals surface area contributed by atoms with E-state index in [4.69, 9.17) is 0 Å². The van der Waals surface area contributed by atoms with Crippen LogP contribution < -0.4 is 0 Å². The molecule has 0 N–H and O–H groups in total. The van der Waals surface area contributed by atoms with Gasteiger partial charge in [-0.2, -0.15) is 0 Å². The van der Waals surface area contributed by atoms with Crippen molar-refractivity contribution in [3.8, 4) is 0 Å². The largest absolute Gasteiger partial charge is 0.0999 e. The van der Waals surface area contributed by atoms with E-state index in [1.54, 1.807) is 0 Å². The summed E-state index contributed by atoms with van der Waals surface area (Å²) in [5.41, 5.74) is 5.34. The van der Waals surface area contributed by atoms with Gasteiger partial charge in [-0.15, -0.1) is 0 Å². The fourth-order valence-electron chi connectivity index (χ4n) is 9.03. The molecule has 0 amide bonds. The smallest absolute Gasteiger partial charge is 0.00848 e. The first-order valence-corrected chi connectivity index (χ1v) is 13.3. The van der Waals surface area contributed by atoms with E-state index < -0.39 is 0 Å². The predicted octanol–water partition coefficient (Wildman–Crippen LogP) is 9.36. The average molecular weight is 411 g/mol. The van der Waals surface area contributed by atoms with Crippen molar-refractivity contribution in [1.82, 2.24) is 0 Å². The molecule has 0 nitrogen and oxygen atoms in total. The molecule has 7 atom stereocenters. The Morgan fingerprint density at radius 1 is 1.03 bits per heavy atom. The van der Waals surface area contributed by atoms with Gasteiger partial charge in [0.15, 0.2) is 0 Å². The van der Waals surface area contributed by atoms with Crippen LogP contribution in [-0.4, -0.2) is 0 Å². The molecule has 5 unspecified atom stereocenters. The monoisotopic (exact) mass is 410 g/mol. The number of fused-ring (bicyclic) bond motifs is 5. The van der Waals surface area contributed by atoms with Crippen molar-refractivity contribution >= 4 is 0 Å². The Hall–Kier alpha value is -0.520. The maximum Gasteiger partial charge on any atom is -0.00848 e. The summed E-state index contributed by atoms with van der Waals surface area (Å²) >= 11 is 0. The Kier molecular flexibility index (Phi) is 5.68. The third-order valence-electron chi connectivity index (χ3n) is 11.4. The van der Waals surface area contributed by atoms with Crippen LogP contribution in [-0.2, 0) is 0 Å². The summed E-state index contributed by atoms with van der Waals surface area (Å²) in [4.78, 5) is 0. The van der Waals surface area contributed by atoms with E-state index in [0.29, 0.717) is 27.6 Å². The van der Waals surface area contributed by atoms with E-state index in [1.165, 1.54) is 76.2 Å². The Bertz CT molecular complexity index is 710. The molecule has 4 aliphatic carbocycles. The number of hydrogen-bond donors (Lipinski definition) is 0. The molecule has 3 fully saturated rings. The molecule has 3 saturated carbocycles. The number of hydrogen-bond acceptors (Lipinski definition) is 0. The van der Waals surface area contributed by atoms with Crippen molar-refractivity contribution in [1.29, 1.82) is 0 Å². The van der Waals surface area contributed by atoms with Crippen LogP contribution in [0.15, 0.2) is 23.8 Å². The second-order valence-corrected chi connectivity index (χ2v) is 13.8. The molecule has 0 aliphatic heterocycles. The maximum atomic E-state index is 4.20. The van der Waals surface area contributed by atoms with Gasteiger partial charge >= 0.3 is 0 Å². The van der Waals surface area contributed by atoms with Gasteiger partial charge in [0.05, 0.1) is 0 Å². The topological polar surface area (TPSA) is 0 Å². The summed E-state index contributed by atoms with van der Waals surface area (Å²) in [6.45, 7) is 21.9. The molecular formula is C30H50. The van der Waals surface area contributed by atoms with Gasteiger partial charge in [-0.3, -0.25) is 0 Å². The van der Waals surface area contributed by atoms with E-state index in [0.717, 1.165) is 17.8 Å². The van der Waals surface area contributed by atoms with Crippen molar-refractivity contribution in [2.45, 2.75) is 119 Å². The summed E-state index contributed by atoms with van der Waals surface area (Å²) in [5.74, 6) is 3.48. The van der Waals surface area contributed by atoms with E-state index in [2.05, 4.69) is 61.1 Å². The minimum absolute atomic E-state index is 0.484. The minimum atomic E-state index is 0.484. The molecular weight excluding hydrogens is 360 g/mol. The second kappa shape index (κ2) is 7.52. The molecule has 0 saturated heterocycles. The zero-order valence-corrected chi connectivity index (χ0v) is 21.4. The summed E-state index contributed by atoms with van der Waals surface area (Å²) in [5, 5.41) is 0. The van der Waals surface area contributed by atoms with Gasteiger partial charge in [-0.1, -0.05) is 71.8 Å². The molecule has 4 aliphatic rings. The predicted molar refractivity (Wildman–Crippen MR) is 131 cm³/mol. The molecule has 0 spiro atoms. The first-order chi connectivity index (χ1) is 13.9. The SMILES string of the molecule is C=C(C)C(C)CC[C@]1(C)CCC2(C)C(=CCC3C2CCC2C(C)(C)CCC[C@]32C)C1. The molecule has 170 valence electrons. The maximum absolute atomic E-state index is 4.20. The van der Waals surface area contributed by atoms with Crippen LogP contribution >= 0.6 is 0 Å². The second-order valence-electron chi connectivity index (χ2n) is 13.8.